The normalized spacial score (nSPS) is 16.1. The first-order chi connectivity index (χ1) is 20.7. The van der Waals surface area contributed by atoms with Crippen LogP contribution in [-0.4, -0.2) is 53.3 Å². The molecule has 248 valence electrons. The number of aromatic nitrogens is 3. The molecule has 1 aromatic carbocycles. The molecule has 1 aliphatic carbocycles. The first-order valence-corrected chi connectivity index (χ1v) is 16.1. The van der Waals surface area contributed by atoms with Crippen molar-refractivity contribution in [3.63, 3.8) is 0 Å². The van der Waals surface area contributed by atoms with E-state index in [0.717, 1.165) is 55.6 Å². The lowest BCUT2D eigenvalue weighted by Crippen LogP contribution is -2.42. The van der Waals surface area contributed by atoms with Crippen molar-refractivity contribution in [3.05, 3.63) is 29.8 Å². The lowest BCUT2D eigenvalue weighted by molar-refractivity contribution is -0.274. The van der Waals surface area contributed by atoms with Gasteiger partial charge in [-0.05, 0) is 45.2 Å². The van der Waals surface area contributed by atoms with E-state index in [4.69, 9.17) is 4.42 Å². The number of alkyl halides is 6. The first kappa shape index (κ1) is 34.6. The van der Waals surface area contributed by atoms with Crippen molar-refractivity contribution in [3.8, 4) is 27.1 Å². The SMILES string of the molecule is C[C@H](NS(=O)(=O)c1ccc(-c2sc(-c3nnc(CC(C)(C)C(=O)O)o3)nc2CC2CCCCC2)c(OC(F)(F)F)c1)C(F)(F)F. The second kappa shape index (κ2) is 12.9. The summed E-state index contributed by atoms with van der Waals surface area (Å²) in [5.74, 6) is -2.00. The number of carboxylic acids is 1. The maximum absolute atomic E-state index is 13.5. The van der Waals surface area contributed by atoms with Gasteiger partial charge in [0.1, 0.15) is 11.8 Å². The van der Waals surface area contributed by atoms with Crippen molar-refractivity contribution in [1.29, 1.82) is 0 Å². The predicted molar refractivity (Wildman–Crippen MR) is 149 cm³/mol. The standard InChI is InChI=1S/C27H30F6N4O6S2/c1-14(26(28,29)30)37-45(40,41)16-9-10-17(19(12-16)43-27(31,32)33)21-18(11-15-7-5-4-6-8-15)34-23(44-21)22-36-35-20(42-22)13-25(2,3)24(38)39/h9-10,12,14-15,37H,4-8,11,13H2,1-3H3,(H,38,39)/t14-/m0/s1. The third-order valence-electron chi connectivity index (χ3n) is 7.28. The number of carboxylic acid groups (broad SMARTS) is 1. The Kier molecular flexibility index (Phi) is 9.90. The number of thiazole rings is 1. The minimum atomic E-state index is -5.28. The maximum Gasteiger partial charge on any atom is 0.573 e. The lowest BCUT2D eigenvalue weighted by atomic mass is 9.85. The topological polar surface area (TPSA) is 145 Å². The second-order valence-corrected chi connectivity index (χ2v) is 14.2. The molecular formula is C27H30F6N4O6S2. The van der Waals surface area contributed by atoms with E-state index in [1.807, 2.05) is 0 Å². The van der Waals surface area contributed by atoms with Crippen LogP contribution in [0.1, 0.15) is 64.5 Å². The Bertz CT molecular complexity index is 1630. The monoisotopic (exact) mass is 684 g/mol. The summed E-state index contributed by atoms with van der Waals surface area (Å²) in [5, 5.41) is 17.4. The van der Waals surface area contributed by atoms with Gasteiger partial charge in [0, 0.05) is 18.1 Å². The van der Waals surface area contributed by atoms with Gasteiger partial charge in [0.25, 0.3) is 5.89 Å². The van der Waals surface area contributed by atoms with Crippen molar-refractivity contribution >= 4 is 27.3 Å². The average molecular weight is 685 g/mol. The maximum atomic E-state index is 13.5. The molecule has 1 saturated carbocycles. The van der Waals surface area contributed by atoms with Gasteiger partial charge in [-0.3, -0.25) is 4.79 Å². The van der Waals surface area contributed by atoms with Crippen LogP contribution >= 0.6 is 11.3 Å². The van der Waals surface area contributed by atoms with E-state index in [9.17, 15) is 44.7 Å². The number of aliphatic carboxylic acids is 1. The van der Waals surface area contributed by atoms with Crippen LogP contribution in [0.4, 0.5) is 26.3 Å². The van der Waals surface area contributed by atoms with Gasteiger partial charge in [-0.1, -0.05) is 32.1 Å². The Balaban J connectivity index is 1.80. The molecular weight excluding hydrogens is 654 g/mol. The molecule has 4 rings (SSSR count). The summed E-state index contributed by atoms with van der Waals surface area (Å²) in [7, 11) is -4.91. The van der Waals surface area contributed by atoms with Gasteiger partial charge in [0.15, 0.2) is 5.01 Å². The molecule has 0 bridgehead atoms. The van der Waals surface area contributed by atoms with Crippen molar-refractivity contribution in [1.82, 2.24) is 19.9 Å². The van der Waals surface area contributed by atoms with Gasteiger partial charge in [0.05, 0.1) is 20.9 Å². The van der Waals surface area contributed by atoms with E-state index in [2.05, 4.69) is 19.9 Å². The number of ether oxygens (including phenoxy) is 1. The Labute approximate surface area is 258 Å². The highest BCUT2D eigenvalue weighted by Gasteiger charge is 2.40. The van der Waals surface area contributed by atoms with E-state index in [-0.39, 0.29) is 39.6 Å². The van der Waals surface area contributed by atoms with E-state index >= 15 is 0 Å². The third kappa shape index (κ3) is 8.72. The molecule has 0 unspecified atom stereocenters. The van der Waals surface area contributed by atoms with Gasteiger partial charge in [-0.25, -0.2) is 13.4 Å². The largest absolute Gasteiger partial charge is 0.573 e. The quantitative estimate of drug-likeness (QED) is 0.209. The van der Waals surface area contributed by atoms with E-state index < -0.39 is 50.6 Å². The third-order valence-corrected chi connectivity index (χ3v) is 9.94. The van der Waals surface area contributed by atoms with Crippen LogP contribution in [0.5, 0.6) is 5.75 Å². The summed E-state index contributed by atoms with van der Waals surface area (Å²) in [6.07, 6.45) is -5.30. The Hall–Kier alpha value is -3.25. The second-order valence-electron chi connectivity index (χ2n) is 11.5. The number of halogens is 6. The fourth-order valence-electron chi connectivity index (χ4n) is 4.76. The number of carbonyl (C=O) groups is 1. The summed E-state index contributed by atoms with van der Waals surface area (Å²) >= 11 is 0.875. The van der Waals surface area contributed by atoms with Crippen LogP contribution in [0.3, 0.4) is 0 Å². The zero-order valence-electron chi connectivity index (χ0n) is 24.3. The molecule has 0 saturated heterocycles. The number of hydrogen-bond donors (Lipinski definition) is 2. The average Bonchev–Trinajstić information content (AvgIpc) is 3.54. The highest BCUT2D eigenvalue weighted by atomic mass is 32.2. The molecule has 1 fully saturated rings. The molecule has 45 heavy (non-hydrogen) atoms. The summed E-state index contributed by atoms with van der Waals surface area (Å²) in [6.45, 7) is 3.49. The van der Waals surface area contributed by atoms with Gasteiger partial charge in [0.2, 0.25) is 15.9 Å². The van der Waals surface area contributed by atoms with E-state index in [1.54, 1.807) is 0 Å². The molecule has 0 amide bonds. The summed E-state index contributed by atoms with van der Waals surface area (Å²) < 4.78 is 116. The highest BCUT2D eigenvalue weighted by molar-refractivity contribution is 7.89. The van der Waals surface area contributed by atoms with Crippen LogP contribution in [0.15, 0.2) is 27.5 Å². The van der Waals surface area contributed by atoms with Crippen molar-refractivity contribution in [2.45, 2.75) is 89.2 Å². The number of nitrogens with zero attached hydrogens (tertiary/aromatic N) is 3. The molecule has 0 spiro atoms. The summed E-state index contributed by atoms with van der Waals surface area (Å²) in [6, 6.07) is -0.103. The molecule has 10 nitrogen and oxygen atoms in total. The molecule has 3 aromatic rings. The number of sulfonamides is 1. The van der Waals surface area contributed by atoms with Crippen LogP contribution in [0.2, 0.25) is 0 Å². The molecule has 0 aliphatic heterocycles. The van der Waals surface area contributed by atoms with Crippen molar-refractivity contribution < 1.29 is 53.8 Å². The number of rotatable bonds is 11. The number of hydrogen-bond acceptors (Lipinski definition) is 9. The predicted octanol–water partition coefficient (Wildman–Crippen LogP) is 6.76. The van der Waals surface area contributed by atoms with Crippen LogP contribution in [0.25, 0.3) is 21.3 Å². The van der Waals surface area contributed by atoms with Crippen molar-refractivity contribution in [2.75, 3.05) is 0 Å². The van der Waals surface area contributed by atoms with Gasteiger partial charge >= 0.3 is 18.5 Å². The minimum Gasteiger partial charge on any atom is -0.481 e. The van der Waals surface area contributed by atoms with Crippen LogP contribution < -0.4 is 9.46 Å². The first-order valence-electron chi connectivity index (χ1n) is 13.8. The number of nitrogens with one attached hydrogen (secondary N) is 1. The molecule has 18 heteroatoms. The Morgan fingerprint density at radius 1 is 1.13 bits per heavy atom. The van der Waals surface area contributed by atoms with Crippen LogP contribution in [-0.2, 0) is 27.7 Å². The van der Waals surface area contributed by atoms with Gasteiger partial charge in [-0.2, -0.15) is 17.9 Å². The van der Waals surface area contributed by atoms with Crippen molar-refractivity contribution in [2.24, 2.45) is 11.3 Å². The minimum absolute atomic E-state index is 0.000723. The van der Waals surface area contributed by atoms with E-state index in [1.165, 1.54) is 18.6 Å². The summed E-state index contributed by atoms with van der Waals surface area (Å²) in [4.78, 5) is 15.4. The fourth-order valence-corrected chi connectivity index (χ4v) is 7.04. The molecule has 2 heterocycles. The molecule has 2 N–H and O–H groups in total. The highest BCUT2D eigenvalue weighted by Crippen LogP contribution is 2.44. The van der Waals surface area contributed by atoms with Gasteiger partial charge in [-0.15, -0.1) is 34.7 Å². The van der Waals surface area contributed by atoms with Crippen LogP contribution in [0, 0.1) is 11.3 Å². The number of benzene rings is 1. The zero-order valence-corrected chi connectivity index (χ0v) is 25.9. The smallest absolute Gasteiger partial charge is 0.481 e. The molecule has 2 aromatic heterocycles. The van der Waals surface area contributed by atoms with Gasteiger partial charge < -0.3 is 14.3 Å². The zero-order chi connectivity index (χ0) is 33.4. The molecule has 0 radical (unpaired) electrons. The fraction of sp³-hybridized carbons (Fsp3) is 0.556. The summed E-state index contributed by atoms with van der Waals surface area (Å²) in [5.41, 5.74) is -1.07. The van der Waals surface area contributed by atoms with E-state index in [0.29, 0.717) is 25.1 Å². The molecule has 1 aliphatic rings. The molecule has 1 atom stereocenters. The Morgan fingerprint density at radius 2 is 1.80 bits per heavy atom. The lowest BCUT2D eigenvalue weighted by Gasteiger charge is -2.21. The Morgan fingerprint density at radius 3 is 2.40 bits per heavy atom.